The van der Waals surface area contributed by atoms with Crippen LogP contribution >= 0.6 is 0 Å². The maximum Gasteiger partial charge on any atom is 0.266 e. The van der Waals surface area contributed by atoms with E-state index >= 15 is 0 Å². The van der Waals surface area contributed by atoms with Gasteiger partial charge in [-0.15, -0.1) is 0 Å². The maximum absolute atomic E-state index is 13.2. The van der Waals surface area contributed by atoms with E-state index < -0.39 is 0 Å². The first kappa shape index (κ1) is 14.3. The molecule has 0 atom stereocenters. The summed E-state index contributed by atoms with van der Waals surface area (Å²) < 4.78 is 1.69. The molecule has 2 aromatic carbocycles. The van der Waals surface area contributed by atoms with Crippen molar-refractivity contribution < 1.29 is 0 Å². The average molecular weight is 313 g/mol. The summed E-state index contributed by atoms with van der Waals surface area (Å²) in [5, 5.41) is 0.610. The Kier molecular flexibility index (Phi) is 3.43. The third-order valence-corrected chi connectivity index (χ3v) is 4.07. The molecule has 4 aromatic rings. The van der Waals surface area contributed by atoms with Gasteiger partial charge in [0.15, 0.2) is 0 Å². The zero-order valence-corrected chi connectivity index (χ0v) is 13.2. The highest BCUT2D eigenvalue weighted by Crippen LogP contribution is 2.23. The van der Waals surface area contributed by atoms with Crippen molar-refractivity contribution in [1.29, 1.82) is 0 Å². The summed E-state index contributed by atoms with van der Waals surface area (Å²) in [6.45, 7) is 1.99. The summed E-state index contributed by atoms with van der Waals surface area (Å²) in [6, 6.07) is 19.0. The Balaban J connectivity index is 2.16. The molecule has 0 fully saturated rings. The third-order valence-electron chi connectivity index (χ3n) is 4.07. The van der Waals surface area contributed by atoms with Gasteiger partial charge in [-0.3, -0.25) is 14.3 Å². The molecule has 0 spiro atoms. The molecule has 4 rings (SSSR count). The van der Waals surface area contributed by atoms with Gasteiger partial charge in [0.2, 0.25) is 0 Å². The molecule has 0 aliphatic heterocycles. The molecule has 0 unspecified atom stereocenters. The minimum Gasteiger partial charge on any atom is -0.268 e. The minimum absolute atomic E-state index is 0.0679. The van der Waals surface area contributed by atoms with Crippen molar-refractivity contribution in [3.63, 3.8) is 0 Å². The topological polar surface area (TPSA) is 47.8 Å². The second-order valence-corrected chi connectivity index (χ2v) is 5.62. The van der Waals surface area contributed by atoms with E-state index in [4.69, 9.17) is 4.98 Å². The van der Waals surface area contributed by atoms with E-state index in [-0.39, 0.29) is 5.56 Å². The van der Waals surface area contributed by atoms with Crippen LogP contribution in [0.15, 0.2) is 77.9 Å². The smallest absolute Gasteiger partial charge is 0.266 e. The molecular formula is C20H15N3O. The Hall–Kier alpha value is -3.27. The number of benzene rings is 2. The molecule has 0 aliphatic rings. The molecule has 4 heteroatoms. The lowest BCUT2D eigenvalue weighted by atomic mass is 10.1. The molecule has 116 valence electrons. The van der Waals surface area contributed by atoms with Gasteiger partial charge in [0.1, 0.15) is 5.82 Å². The largest absolute Gasteiger partial charge is 0.268 e. The highest BCUT2D eigenvalue weighted by atomic mass is 16.1. The Labute approximate surface area is 139 Å². The summed E-state index contributed by atoms with van der Waals surface area (Å²) in [4.78, 5) is 22.0. The van der Waals surface area contributed by atoms with Gasteiger partial charge in [-0.2, -0.15) is 0 Å². The van der Waals surface area contributed by atoms with Crippen LogP contribution in [-0.4, -0.2) is 14.5 Å². The minimum atomic E-state index is -0.0679. The van der Waals surface area contributed by atoms with Gasteiger partial charge in [0.25, 0.3) is 5.56 Å². The summed E-state index contributed by atoms with van der Waals surface area (Å²) in [7, 11) is 0. The van der Waals surface area contributed by atoms with E-state index in [2.05, 4.69) is 4.98 Å². The first-order chi connectivity index (χ1) is 11.8. The van der Waals surface area contributed by atoms with Crippen LogP contribution in [0.5, 0.6) is 0 Å². The predicted octanol–water partition coefficient (Wildman–Crippen LogP) is 3.76. The van der Waals surface area contributed by atoms with Crippen molar-refractivity contribution in [3.05, 3.63) is 89.0 Å². The SMILES string of the molecule is Cc1ccccc1-n1c(-c2ccncc2)nc2ccccc2c1=O. The van der Waals surface area contributed by atoms with E-state index in [0.717, 1.165) is 16.8 Å². The van der Waals surface area contributed by atoms with Crippen LogP contribution in [0.3, 0.4) is 0 Å². The van der Waals surface area contributed by atoms with E-state index in [1.807, 2.05) is 67.6 Å². The summed E-state index contributed by atoms with van der Waals surface area (Å²) in [6.07, 6.45) is 3.41. The number of hydrogen-bond donors (Lipinski definition) is 0. The van der Waals surface area contributed by atoms with Crippen LogP contribution in [0.1, 0.15) is 5.56 Å². The van der Waals surface area contributed by atoms with Crippen molar-refractivity contribution in [2.45, 2.75) is 6.92 Å². The number of aryl methyl sites for hydroxylation is 1. The second kappa shape index (κ2) is 5.74. The fraction of sp³-hybridized carbons (Fsp3) is 0.0500. The normalized spacial score (nSPS) is 10.9. The zero-order valence-electron chi connectivity index (χ0n) is 13.2. The van der Waals surface area contributed by atoms with Crippen molar-refractivity contribution >= 4 is 10.9 Å². The van der Waals surface area contributed by atoms with Crippen LogP contribution in [0, 0.1) is 6.92 Å². The molecule has 0 saturated carbocycles. The van der Waals surface area contributed by atoms with Crippen LogP contribution < -0.4 is 5.56 Å². The Morgan fingerprint density at radius 1 is 0.875 bits per heavy atom. The monoisotopic (exact) mass is 313 g/mol. The van der Waals surface area contributed by atoms with Gasteiger partial charge in [0.05, 0.1) is 16.6 Å². The molecule has 0 saturated heterocycles. The Bertz CT molecular complexity index is 1080. The second-order valence-electron chi connectivity index (χ2n) is 5.62. The van der Waals surface area contributed by atoms with Gasteiger partial charge < -0.3 is 0 Å². The average Bonchev–Trinajstić information content (AvgIpc) is 2.63. The molecule has 0 aliphatic carbocycles. The van der Waals surface area contributed by atoms with Crippen molar-refractivity contribution in [2.75, 3.05) is 0 Å². The highest BCUT2D eigenvalue weighted by Gasteiger charge is 2.15. The van der Waals surface area contributed by atoms with E-state index in [0.29, 0.717) is 16.7 Å². The van der Waals surface area contributed by atoms with Crippen molar-refractivity contribution in [1.82, 2.24) is 14.5 Å². The summed E-state index contributed by atoms with van der Waals surface area (Å²) in [5.74, 6) is 0.621. The number of fused-ring (bicyclic) bond motifs is 1. The number of hydrogen-bond acceptors (Lipinski definition) is 3. The van der Waals surface area contributed by atoms with Crippen LogP contribution in [0.25, 0.3) is 28.0 Å². The lowest BCUT2D eigenvalue weighted by molar-refractivity contribution is 0.964. The highest BCUT2D eigenvalue weighted by molar-refractivity contribution is 5.80. The van der Waals surface area contributed by atoms with Gasteiger partial charge >= 0.3 is 0 Å². The predicted molar refractivity (Wildman–Crippen MR) is 95.3 cm³/mol. The number of aromatic nitrogens is 3. The van der Waals surface area contributed by atoms with Crippen LogP contribution in [-0.2, 0) is 0 Å². The number of nitrogens with zero attached hydrogens (tertiary/aromatic N) is 3. The molecule has 2 heterocycles. The first-order valence-corrected chi connectivity index (χ1v) is 7.74. The molecule has 24 heavy (non-hydrogen) atoms. The molecule has 0 amide bonds. The summed E-state index contributed by atoms with van der Waals surface area (Å²) >= 11 is 0. The van der Waals surface area contributed by atoms with Gasteiger partial charge in [-0.05, 0) is 42.8 Å². The molecule has 2 aromatic heterocycles. The maximum atomic E-state index is 13.2. The fourth-order valence-electron chi connectivity index (χ4n) is 2.87. The molecule has 4 nitrogen and oxygen atoms in total. The van der Waals surface area contributed by atoms with Crippen molar-refractivity contribution in [3.8, 4) is 17.1 Å². The van der Waals surface area contributed by atoms with E-state index in [9.17, 15) is 4.79 Å². The number of para-hydroxylation sites is 2. The molecule has 0 radical (unpaired) electrons. The molecule has 0 N–H and O–H groups in total. The van der Waals surface area contributed by atoms with E-state index in [1.165, 1.54) is 0 Å². The lowest BCUT2D eigenvalue weighted by Crippen LogP contribution is -2.22. The fourth-order valence-corrected chi connectivity index (χ4v) is 2.87. The van der Waals surface area contributed by atoms with Crippen LogP contribution in [0.4, 0.5) is 0 Å². The zero-order chi connectivity index (χ0) is 16.5. The summed E-state index contributed by atoms with van der Waals surface area (Å²) in [5.41, 5.74) is 3.34. The van der Waals surface area contributed by atoms with Crippen LogP contribution in [0.2, 0.25) is 0 Å². The van der Waals surface area contributed by atoms with E-state index in [1.54, 1.807) is 17.0 Å². The molecular weight excluding hydrogens is 298 g/mol. The van der Waals surface area contributed by atoms with Gasteiger partial charge in [-0.1, -0.05) is 30.3 Å². The Morgan fingerprint density at radius 3 is 2.38 bits per heavy atom. The number of rotatable bonds is 2. The Morgan fingerprint density at radius 2 is 1.58 bits per heavy atom. The molecule has 0 bridgehead atoms. The quantitative estimate of drug-likeness (QED) is 0.566. The third kappa shape index (κ3) is 2.29. The number of pyridine rings is 1. The standard InChI is InChI=1S/C20H15N3O/c1-14-6-2-5-9-18(14)23-19(15-10-12-21-13-11-15)22-17-8-4-3-7-16(17)20(23)24/h2-13H,1H3. The van der Waals surface area contributed by atoms with Gasteiger partial charge in [0, 0.05) is 18.0 Å². The van der Waals surface area contributed by atoms with Crippen molar-refractivity contribution in [2.24, 2.45) is 0 Å². The lowest BCUT2D eigenvalue weighted by Gasteiger charge is -2.15. The van der Waals surface area contributed by atoms with Gasteiger partial charge in [-0.25, -0.2) is 4.98 Å². The first-order valence-electron chi connectivity index (χ1n) is 7.74.